The third kappa shape index (κ3) is 4.84. The second-order valence-electron chi connectivity index (χ2n) is 8.30. The van der Waals surface area contributed by atoms with Gasteiger partial charge >= 0.3 is 0 Å². The molecule has 0 saturated carbocycles. The predicted molar refractivity (Wildman–Crippen MR) is 123 cm³/mol. The molecule has 1 aliphatic rings. The molecule has 4 rings (SSSR count). The van der Waals surface area contributed by atoms with Gasteiger partial charge in [-0.2, -0.15) is 4.31 Å². The molecule has 174 valence electrons. The van der Waals surface area contributed by atoms with Crippen molar-refractivity contribution in [3.05, 3.63) is 83.2 Å². The number of amides is 1. The third-order valence-corrected chi connectivity index (χ3v) is 7.90. The van der Waals surface area contributed by atoms with Crippen molar-refractivity contribution in [1.29, 1.82) is 0 Å². The average molecular weight is 471 g/mol. The molecule has 1 aliphatic heterocycles. The number of piperidine rings is 1. The van der Waals surface area contributed by atoms with Crippen LogP contribution in [0.4, 0.5) is 4.39 Å². The molecule has 1 amide bonds. The number of rotatable bonds is 6. The third-order valence-electron chi connectivity index (χ3n) is 6.00. The summed E-state index contributed by atoms with van der Waals surface area (Å²) in [6.07, 6.45) is 6.07. The van der Waals surface area contributed by atoms with Gasteiger partial charge in [0.05, 0.1) is 4.90 Å². The van der Waals surface area contributed by atoms with Gasteiger partial charge in [0.15, 0.2) is 0 Å². The first-order valence-electron chi connectivity index (χ1n) is 10.9. The first-order chi connectivity index (χ1) is 15.8. The molecule has 3 aromatic rings. The van der Waals surface area contributed by atoms with E-state index in [2.05, 4.69) is 10.3 Å². The number of hydrogen-bond donors (Lipinski definition) is 1. The molecule has 1 atom stereocenters. The summed E-state index contributed by atoms with van der Waals surface area (Å²) in [7, 11) is -1.87. The lowest BCUT2D eigenvalue weighted by atomic mass is 10.0. The largest absolute Gasteiger partial charge is 0.338 e. The van der Waals surface area contributed by atoms with Crippen molar-refractivity contribution in [1.82, 2.24) is 19.2 Å². The van der Waals surface area contributed by atoms with E-state index in [4.69, 9.17) is 0 Å². The first-order valence-corrected chi connectivity index (χ1v) is 12.4. The van der Waals surface area contributed by atoms with Gasteiger partial charge in [-0.15, -0.1) is 0 Å². The van der Waals surface area contributed by atoms with Crippen LogP contribution in [0.5, 0.6) is 0 Å². The van der Waals surface area contributed by atoms with Crippen molar-refractivity contribution in [3.63, 3.8) is 0 Å². The summed E-state index contributed by atoms with van der Waals surface area (Å²) in [6.45, 7) is 2.74. The maximum Gasteiger partial charge on any atom is 0.252 e. The first kappa shape index (κ1) is 23.1. The maximum atomic E-state index is 13.5. The van der Waals surface area contributed by atoms with Gasteiger partial charge in [-0.05, 0) is 55.2 Å². The number of carbonyl (C=O) groups excluding carboxylic acids is 1. The number of aryl methyl sites for hydroxylation is 2. The lowest BCUT2D eigenvalue weighted by Crippen LogP contribution is -2.36. The minimum Gasteiger partial charge on any atom is -0.338 e. The lowest BCUT2D eigenvalue weighted by Gasteiger charge is -2.26. The number of benzene rings is 2. The smallest absolute Gasteiger partial charge is 0.252 e. The normalized spacial score (nSPS) is 15.8. The fourth-order valence-electron chi connectivity index (χ4n) is 4.08. The summed E-state index contributed by atoms with van der Waals surface area (Å²) < 4.78 is 43.0. The molecule has 1 saturated heterocycles. The Hall–Kier alpha value is -3.04. The highest BCUT2D eigenvalue weighted by Gasteiger charge is 2.28. The fraction of sp³-hybridized carbons (Fsp3) is 0.333. The molecule has 7 nitrogen and oxygen atoms in total. The number of sulfonamides is 1. The highest BCUT2D eigenvalue weighted by Crippen LogP contribution is 2.25. The highest BCUT2D eigenvalue weighted by atomic mass is 32.2. The number of aromatic nitrogens is 2. The Labute approximate surface area is 193 Å². The minimum absolute atomic E-state index is 0.107. The zero-order valence-electron chi connectivity index (χ0n) is 18.7. The molecule has 9 heteroatoms. The minimum atomic E-state index is -3.67. The van der Waals surface area contributed by atoms with Gasteiger partial charge in [-0.1, -0.05) is 24.6 Å². The second kappa shape index (κ2) is 9.44. The zero-order valence-corrected chi connectivity index (χ0v) is 19.5. The van der Waals surface area contributed by atoms with E-state index in [9.17, 15) is 17.6 Å². The predicted octanol–water partition coefficient (Wildman–Crippen LogP) is 3.56. The van der Waals surface area contributed by atoms with Crippen LogP contribution in [0, 0.1) is 12.7 Å². The standard InChI is InChI=1S/C24H27FN4O3S/c1-17-6-11-20(33(31,32)29-13-4-3-5-14-29)16-21(17)24(30)27-22(23-26-12-15-28(23)2)18-7-9-19(25)10-8-18/h6-12,15-16,22H,3-5,13-14H2,1-2H3,(H,27,30). The quantitative estimate of drug-likeness (QED) is 0.597. The van der Waals surface area contributed by atoms with Crippen molar-refractivity contribution in [2.75, 3.05) is 13.1 Å². The number of nitrogens with one attached hydrogen (secondary N) is 1. The van der Waals surface area contributed by atoms with Crippen LogP contribution >= 0.6 is 0 Å². The van der Waals surface area contributed by atoms with Crippen LogP contribution in [0.1, 0.15) is 52.6 Å². The topological polar surface area (TPSA) is 84.3 Å². The Morgan fingerprint density at radius 2 is 1.79 bits per heavy atom. The molecule has 0 aliphatic carbocycles. The van der Waals surface area contributed by atoms with E-state index < -0.39 is 22.0 Å². The van der Waals surface area contributed by atoms with Crippen LogP contribution in [0.2, 0.25) is 0 Å². The van der Waals surface area contributed by atoms with E-state index in [0.29, 0.717) is 30.0 Å². The Balaban J connectivity index is 1.67. The number of carbonyl (C=O) groups is 1. The van der Waals surface area contributed by atoms with Crippen LogP contribution in [-0.2, 0) is 17.1 Å². The molecule has 1 unspecified atom stereocenters. The molecule has 2 heterocycles. The van der Waals surface area contributed by atoms with Crippen molar-refractivity contribution in [2.45, 2.75) is 37.1 Å². The van der Waals surface area contributed by atoms with Crippen molar-refractivity contribution in [2.24, 2.45) is 7.05 Å². The van der Waals surface area contributed by atoms with Gasteiger partial charge in [0, 0.05) is 38.1 Å². The van der Waals surface area contributed by atoms with Crippen LogP contribution in [0.15, 0.2) is 59.8 Å². The van der Waals surface area contributed by atoms with Crippen molar-refractivity contribution < 1.29 is 17.6 Å². The van der Waals surface area contributed by atoms with E-state index >= 15 is 0 Å². The Morgan fingerprint density at radius 1 is 1.09 bits per heavy atom. The molecule has 1 aromatic heterocycles. The Bertz CT molecular complexity index is 1250. The summed E-state index contributed by atoms with van der Waals surface area (Å²) >= 11 is 0. The number of hydrogen-bond acceptors (Lipinski definition) is 4. The van der Waals surface area contributed by atoms with Gasteiger partial charge < -0.3 is 9.88 Å². The zero-order chi connectivity index (χ0) is 23.6. The summed E-state index contributed by atoms with van der Waals surface area (Å²) in [5, 5.41) is 2.96. The van der Waals surface area contributed by atoms with Crippen LogP contribution < -0.4 is 5.32 Å². The summed E-state index contributed by atoms with van der Waals surface area (Å²) in [5.74, 6) is -0.236. The van der Waals surface area contributed by atoms with Gasteiger partial charge in [0.2, 0.25) is 10.0 Å². The average Bonchev–Trinajstić information content (AvgIpc) is 3.24. The van der Waals surface area contributed by atoms with Gasteiger partial charge in [-0.25, -0.2) is 17.8 Å². The molecule has 2 aromatic carbocycles. The van der Waals surface area contributed by atoms with Crippen molar-refractivity contribution in [3.8, 4) is 0 Å². The lowest BCUT2D eigenvalue weighted by molar-refractivity contribution is 0.0940. The SMILES string of the molecule is Cc1ccc(S(=O)(=O)N2CCCCC2)cc1C(=O)NC(c1ccc(F)cc1)c1nccn1C. The maximum absolute atomic E-state index is 13.5. The summed E-state index contributed by atoms with van der Waals surface area (Å²) in [5.41, 5.74) is 1.59. The second-order valence-corrected chi connectivity index (χ2v) is 10.2. The van der Waals surface area contributed by atoms with E-state index in [-0.39, 0.29) is 16.3 Å². The van der Waals surface area contributed by atoms with E-state index in [1.54, 1.807) is 48.1 Å². The van der Waals surface area contributed by atoms with Crippen LogP contribution in [-0.4, -0.2) is 41.3 Å². The van der Waals surface area contributed by atoms with Gasteiger partial charge in [0.25, 0.3) is 5.91 Å². The number of imidazole rings is 1. The Kier molecular flexibility index (Phi) is 6.62. The van der Waals surface area contributed by atoms with E-state index in [1.807, 2.05) is 7.05 Å². The van der Waals surface area contributed by atoms with Gasteiger partial charge in [-0.3, -0.25) is 4.79 Å². The monoisotopic (exact) mass is 470 g/mol. The molecular weight excluding hydrogens is 443 g/mol. The molecule has 0 radical (unpaired) electrons. The molecule has 1 N–H and O–H groups in total. The molecule has 0 spiro atoms. The summed E-state index contributed by atoms with van der Waals surface area (Å²) in [4.78, 5) is 17.8. The van der Waals surface area contributed by atoms with Crippen LogP contribution in [0.3, 0.4) is 0 Å². The molecule has 1 fully saturated rings. The fourth-order valence-corrected chi connectivity index (χ4v) is 5.62. The summed E-state index contributed by atoms with van der Waals surface area (Å²) in [6, 6.07) is 9.85. The molecule has 0 bridgehead atoms. The highest BCUT2D eigenvalue weighted by molar-refractivity contribution is 7.89. The van der Waals surface area contributed by atoms with E-state index in [1.165, 1.54) is 22.5 Å². The van der Waals surface area contributed by atoms with Crippen LogP contribution in [0.25, 0.3) is 0 Å². The number of nitrogens with zero attached hydrogens (tertiary/aromatic N) is 3. The van der Waals surface area contributed by atoms with E-state index in [0.717, 1.165) is 19.3 Å². The molecule has 33 heavy (non-hydrogen) atoms. The Morgan fingerprint density at radius 3 is 2.42 bits per heavy atom. The van der Waals surface area contributed by atoms with Gasteiger partial charge in [0.1, 0.15) is 17.7 Å². The molecular formula is C24H27FN4O3S. The number of halogens is 1. The van der Waals surface area contributed by atoms with Crippen molar-refractivity contribution >= 4 is 15.9 Å².